The van der Waals surface area contributed by atoms with E-state index in [2.05, 4.69) is 25.8 Å². The summed E-state index contributed by atoms with van der Waals surface area (Å²) in [7, 11) is 0. The molecule has 3 aromatic rings. The summed E-state index contributed by atoms with van der Waals surface area (Å²) >= 11 is 1.35. The van der Waals surface area contributed by atoms with Gasteiger partial charge in [0.1, 0.15) is 11.6 Å². The van der Waals surface area contributed by atoms with Crippen molar-refractivity contribution in [1.82, 2.24) is 25.1 Å². The maximum absolute atomic E-state index is 12.4. The Morgan fingerprint density at radius 3 is 2.81 bits per heavy atom. The van der Waals surface area contributed by atoms with Crippen LogP contribution in [0, 0.1) is 0 Å². The van der Waals surface area contributed by atoms with Crippen molar-refractivity contribution in [2.75, 3.05) is 11.9 Å². The van der Waals surface area contributed by atoms with Crippen LogP contribution >= 0.6 is 11.3 Å². The molecule has 0 radical (unpaired) electrons. The summed E-state index contributed by atoms with van der Waals surface area (Å²) in [6.45, 7) is -0.429. The standard InChI is InChI=1S/C17H16N6O3S/c24-13(20-17-22-21-15(27-17)10-5-6-10)7-18-14(25)8-23-9-19-12-4-2-1-3-11(12)16(23)26/h1-4,9-10H,5-8H2,(H,18,25)(H,20,22,24). The molecule has 2 amide bonds. The van der Waals surface area contributed by atoms with Crippen molar-refractivity contribution >= 4 is 39.2 Å². The lowest BCUT2D eigenvalue weighted by Gasteiger charge is -2.07. The third-order valence-corrected chi connectivity index (χ3v) is 5.11. The fourth-order valence-electron chi connectivity index (χ4n) is 2.55. The Labute approximate surface area is 157 Å². The van der Waals surface area contributed by atoms with Gasteiger partial charge in [0.05, 0.1) is 23.8 Å². The average molecular weight is 384 g/mol. The first-order valence-electron chi connectivity index (χ1n) is 8.44. The normalized spacial score (nSPS) is 13.5. The summed E-state index contributed by atoms with van der Waals surface area (Å²) in [6.07, 6.45) is 3.55. The molecule has 0 bridgehead atoms. The third-order valence-electron chi connectivity index (χ3n) is 4.11. The Balaban J connectivity index is 1.32. The van der Waals surface area contributed by atoms with E-state index in [0.29, 0.717) is 22.0 Å². The molecule has 27 heavy (non-hydrogen) atoms. The van der Waals surface area contributed by atoms with Gasteiger partial charge in [-0.2, -0.15) is 0 Å². The number of aromatic nitrogens is 4. The van der Waals surface area contributed by atoms with Crippen LogP contribution in [0.15, 0.2) is 35.4 Å². The molecule has 0 spiro atoms. The summed E-state index contributed by atoms with van der Waals surface area (Å²) in [5.41, 5.74) is 0.267. The molecule has 2 aromatic heterocycles. The molecular weight excluding hydrogens is 368 g/mol. The Hall–Kier alpha value is -3.14. The van der Waals surface area contributed by atoms with Crippen LogP contribution in [0.25, 0.3) is 10.9 Å². The van der Waals surface area contributed by atoms with Gasteiger partial charge >= 0.3 is 0 Å². The number of fused-ring (bicyclic) bond motifs is 1. The van der Waals surface area contributed by atoms with E-state index < -0.39 is 11.8 Å². The van der Waals surface area contributed by atoms with Crippen LogP contribution in [0.4, 0.5) is 5.13 Å². The smallest absolute Gasteiger partial charge is 0.261 e. The second-order valence-corrected chi connectivity index (χ2v) is 7.25. The van der Waals surface area contributed by atoms with Crippen molar-refractivity contribution in [3.8, 4) is 0 Å². The predicted molar refractivity (Wildman–Crippen MR) is 99.5 cm³/mol. The number of benzene rings is 1. The number of carbonyl (C=O) groups is 2. The van der Waals surface area contributed by atoms with E-state index in [9.17, 15) is 14.4 Å². The highest BCUT2D eigenvalue weighted by atomic mass is 32.1. The van der Waals surface area contributed by atoms with Gasteiger partial charge < -0.3 is 5.32 Å². The molecule has 4 rings (SSSR count). The van der Waals surface area contributed by atoms with Crippen molar-refractivity contribution in [3.05, 3.63) is 46.0 Å². The highest BCUT2D eigenvalue weighted by molar-refractivity contribution is 7.15. The van der Waals surface area contributed by atoms with E-state index in [1.165, 1.54) is 22.2 Å². The number of hydrogen-bond acceptors (Lipinski definition) is 7. The number of amides is 2. The molecule has 138 valence electrons. The highest BCUT2D eigenvalue weighted by Crippen LogP contribution is 2.41. The Kier molecular flexibility index (Phi) is 4.63. The van der Waals surface area contributed by atoms with Crippen LogP contribution in [0.3, 0.4) is 0 Å². The zero-order chi connectivity index (χ0) is 18.8. The molecule has 1 aliphatic carbocycles. The SMILES string of the molecule is O=C(Cn1cnc2ccccc2c1=O)NCC(=O)Nc1nnc(C2CC2)s1. The molecule has 2 heterocycles. The number of nitrogens with one attached hydrogen (secondary N) is 2. The fourth-order valence-corrected chi connectivity index (χ4v) is 3.48. The van der Waals surface area contributed by atoms with E-state index >= 15 is 0 Å². The lowest BCUT2D eigenvalue weighted by atomic mass is 10.2. The molecule has 0 unspecified atom stereocenters. The van der Waals surface area contributed by atoms with Crippen LogP contribution in [-0.2, 0) is 16.1 Å². The third kappa shape index (κ3) is 4.00. The van der Waals surface area contributed by atoms with Gasteiger partial charge in [0.25, 0.3) is 5.56 Å². The van der Waals surface area contributed by atoms with E-state index in [1.807, 2.05) is 0 Å². The molecule has 0 aliphatic heterocycles. The van der Waals surface area contributed by atoms with Gasteiger partial charge in [-0.05, 0) is 25.0 Å². The monoisotopic (exact) mass is 384 g/mol. The topological polar surface area (TPSA) is 119 Å². The van der Waals surface area contributed by atoms with Gasteiger partial charge in [0.15, 0.2) is 0 Å². The van der Waals surface area contributed by atoms with Crippen LogP contribution in [0.5, 0.6) is 0 Å². The Bertz CT molecular complexity index is 1070. The first-order valence-corrected chi connectivity index (χ1v) is 9.26. The molecule has 1 aromatic carbocycles. The number of para-hydroxylation sites is 1. The van der Waals surface area contributed by atoms with Gasteiger partial charge in [-0.15, -0.1) is 10.2 Å². The summed E-state index contributed by atoms with van der Waals surface area (Å²) in [5, 5.41) is 14.8. The van der Waals surface area contributed by atoms with Gasteiger partial charge in [0, 0.05) is 5.92 Å². The number of rotatable bonds is 6. The predicted octanol–water partition coefficient (Wildman–Crippen LogP) is 0.880. The zero-order valence-electron chi connectivity index (χ0n) is 14.2. The highest BCUT2D eigenvalue weighted by Gasteiger charge is 2.27. The van der Waals surface area contributed by atoms with E-state index in [0.717, 1.165) is 17.8 Å². The Morgan fingerprint density at radius 2 is 2.00 bits per heavy atom. The van der Waals surface area contributed by atoms with Crippen molar-refractivity contribution in [2.45, 2.75) is 25.3 Å². The van der Waals surface area contributed by atoms with Crippen molar-refractivity contribution in [3.63, 3.8) is 0 Å². The summed E-state index contributed by atoms with van der Waals surface area (Å²) in [5.74, 6) is -0.382. The first kappa shape index (κ1) is 17.3. The maximum Gasteiger partial charge on any atom is 0.261 e. The molecule has 1 saturated carbocycles. The quantitative estimate of drug-likeness (QED) is 0.651. The van der Waals surface area contributed by atoms with Gasteiger partial charge in [-0.1, -0.05) is 23.5 Å². The van der Waals surface area contributed by atoms with Crippen LogP contribution in [0.2, 0.25) is 0 Å². The van der Waals surface area contributed by atoms with E-state index in [4.69, 9.17) is 0 Å². The maximum atomic E-state index is 12.4. The second-order valence-electron chi connectivity index (χ2n) is 6.24. The van der Waals surface area contributed by atoms with Crippen molar-refractivity contribution in [2.24, 2.45) is 0 Å². The summed E-state index contributed by atoms with van der Waals surface area (Å²) in [6, 6.07) is 6.91. The van der Waals surface area contributed by atoms with E-state index in [1.54, 1.807) is 24.3 Å². The average Bonchev–Trinajstić information content (AvgIpc) is 3.42. The molecule has 2 N–H and O–H groups in total. The lowest BCUT2D eigenvalue weighted by molar-refractivity contribution is -0.124. The largest absolute Gasteiger partial charge is 0.345 e. The summed E-state index contributed by atoms with van der Waals surface area (Å²) in [4.78, 5) is 40.5. The fraction of sp³-hybridized carbons (Fsp3) is 0.294. The minimum absolute atomic E-state index is 0.214. The van der Waals surface area contributed by atoms with Crippen LogP contribution in [0.1, 0.15) is 23.8 Å². The van der Waals surface area contributed by atoms with Gasteiger partial charge in [-0.3, -0.25) is 24.3 Å². The number of hydrogen-bond donors (Lipinski definition) is 2. The molecule has 0 atom stereocenters. The van der Waals surface area contributed by atoms with Gasteiger partial charge in [-0.25, -0.2) is 4.98 Å². The van der Waals surface area contributed by atoms with Gasteiger partial charge in [0.2, 0.25) is 16.9 Å². The van der Waals surface area contributed by atoms with Crippen molar-refractivity contribution < 1.29 is 9.59 Å². The van der Waals surface area contributed by atoms with E-state index in [-0.39, 0.29) is 18.6 Å². The minimum Gasteiger partial charge on any atom is -0.345 e. The number of anilines is 1. The van der Waals surface area contributed by atoms with Crippen molar-refractivity contribution in [1.29, 1.82) is 0 Å². The molecule has 1 aliphatic rings. The molecule has 9 nitrogen and oxygen atoms in total. The van der Waals surface area contributed by atoms with Crippen LogP contribution in [-0.4, -0.2) is 38.1 Å². The minimum atomic E-state index is -0.458. The number of nitrogens with zero attached hydrogens (tertiary/aromatic N) is 4. The van der Waals surface area contributed by atoms with Crippen LogP contribution < -0.4 is 16.2 Å². The summed E-state index contributed by atoms with van der Waals surface area (Å²) < 4.78 is 1.21. The number of carbonyl (C=O) groups excluding carboxylic acids is 2. The zero-order valence-corrected chi connectivity index (χ0v) is 15.0. The first-order chi connectivity index (χ1) is 13.1. The molecular formula is C17H16N6O3S. The molecule has 10 heteroatoms. The Morgan fingerprint density at radius 1 is 1.19 bits per heavy atom. The lowest BCUT2D eigenvalue weighted by Crippen LogP contribution is -2.37. The second kappa shape index (κ2) is 7.23. The molecule has 0 saturated heterocycles. The molecule has 1 fully saturated rings.